The topological polar surface area (TPSA) is 94.9 Å². The number of carboxylic acid groups (broad SMARTS) is 1. The average Bonchev–Trinajstić information content (AvgIpc) is 2.79. The lowest BCUT2D eigenvalue weighted by Crippen LogP contribution is -2.29. The largest absolute Gasteiger partial charge is 0.478 e. The summed E-state index contributed by atoms with van der Waals surface area (Å²) in [5.74, 6) is -1.31. The van der Waals surface area contributed by atoms with E-state index in [0.29, 0.717) is 6.42 Å². The number of aromatic carboxylic acids is 1. The number of carbonyl (C=O) groups is 1. The number of aliphatic hydroxyl groups excluding tert-OH is 1. The number of benzene rings is 1. The fraction of sp³-hybridized carbons (Fsp3) is 0.364. The molecular weight excluding hydrogens is 374 g/mol. The second-order valence-electron chi connectivity index (χ2n) is 4.38. The molecule has 1 aliphatic heterocycles. The molecule has 20 heavy (non-hydrogen) atoms. The molecule has 1 saturated heterocycles. The summed E-state index contributed by atoms with van der Waals surface area (Å²) in [6, 6.07) is 2.28. The molecule has 0 spiro atoms. The Hall–Kier alpha value is -0.670. The van der Waals surface area contributed by atoms with E-state index >= 15 is 0 Å². The van der Waals surface area contributed by atoms with Crippen LogP contribution in [-0.4, -0.2) is 48.1 Å². The van der Waals surface area contributed by atoms with Gasteiger partial charge in [0.1, 0.15) is 0 Å². The zero-order valence-electron chi connectivity index (χ0n) is 10.1. The highest BCUT2D eigenvalue weighted by atomic mass is 79.9. The van der Waals surface area contributed by atoms with Crippen LogP contribution in [0.5, 0.6) is 0 Å². The number of β-amino-alcohol motifs (C(OH)–C–C–N with tert-alkyl or cyclic N) is 1. The maximum absolute atomic E-state index is 12.4. The molecule has 1 aromatic rings. The molecule has 2 N–H and O–H groups in total. The van der Waals surface area contributed by atoms with Crippen molar-refractivity contribution in [1.82, 2.24) is 4.31 Å². The standard InChI is InChI=1S/C11H11BrClNO5S/c12-9-4-7(3-8(10(9)13)11(16)17)20(18,19)14-2-1-6(15)5-14/h3-4,6,15H,1-2,5H2,(H,16,17)/t6-/m0/s1. The lowest BCUT2D eigenvalue weighted by atomic mass is 10.2. The highest BCUT2D eigenvalue weighted by Gasteiger charge is 2.32. The van der Waals surface area contributed by atoms with Gasteiger partial charge in [-0.1, -0.05) is 11.6 Å². The molecule has 1 aromatic carbocycles. The van der Waals surface area contributed by atoms with Gasteiger partial charge in [0, 0.05) is 17.6 Å². The molecule has 0 aromatic heterocycles. The second-order valence-corrected chi connectivity index (χ2v) is 7.55. The summed E-state index contributed by atoms with van der Waals surface area (Å²) in [4.78, 5) is 10.9. The first-order valence-corrected chi connectivity index (χ1v) is 8.25. The molecule has 110 valence electrons. The Labute approximate surface area is 129 Å². The van der Waals surface area contributed by atoms with Crippen LogP contribution in [0, 0.1) is 0 Å². The van der Waals surface area contributed by atoms with Crippen LogP contribution in [0.1, 0.15) is 16.8 Å². The molecular formula is C11H11BrClNO5S. The van der Waals surface area contributed by atoms with Crippen LogP contribution < -0.4 is 0 Å². The number of nitrogens with zero attached hydrogens (tertiary/aromatic N) is 1. The van der Waals surface area contributed by atoms with E-state index in [1.54, 1.807) is 0 Å². The van der Waals surface area contributed by atoms with Crippen molar-refractivity contribution < 1.29 is 23.4 Å². The first kappa shape index (κ1) is 15.7. The van der Waals surface area contributed by atoms with Gasteiger partial charge in [0.2, 0.25) is 10.0 Å². The van der Waals surface area contributed by atoms with Crippen molar-refractivity contribution in [3.05, 3.63) is 27.2 Å². The van der Waals surface area contributed by atoms with E-state index in [-0.39, 0.29) is 33.0 Å². The summed E-state index contributed by atoms with van der Waals surface area (Å²) in [6.07, 6.45) is -0.334. The monoisotopic (exact) mass is 383 g/mol. The molecule has 1 atom stereocenters. The number of aliphatic hydroxyl groups is 1. The van der Waals surface area contributed by atoms with Crippen molar-refractivity contribution in [2.75, 3.05) is 13.1 Å². The van der Waals surface area contributed by atoms with Crippen LogP contribution in [0.3, 0.4) is 0 Å². The minimum atomic E-state index is -3.85. The van der Waals surface area contributed by atoms with E-state index in [1.807, 2.05) is 0 Å². The first-order chi connectivity index (χ1) is 9.23. The summed E-state index contributed by atoms with van der Waals surface area (Å²) in [7, 11) is -3.85. The third-order valence-electron chi connectivity index (χ3n) is 3.00. The summed E-state index contributed by atoms with van der Waals surface area (Å²) in [5, 5.41) is 18.4. The van der Waals surface area contributed by atoms with Crippen molar-refractivity contribution in [1.29, 1.82) is 0 Å². The van der Waals surface area contributed by atoms with Gasteiger partial charge < -0.3 is 10.2 Å². The van der Waals surface area contributed by atoms with E-state index in [9.17, 15) is 18.3 Å². The van der Waals surface area contributed by atoms with Gasteiger partial charge in [0.05, 0.1) is 21.6 Å². The molecule has 1 aliphatic rings. The zero-order valence-corrected chi connectivity index (χ0v) is 13.2. The predicted molar refractivity (Wildman–Crippen MR) is 75.5 cm³/mol. The van der Waals surface area contributed by atoms with Crippen LogP contribution in [-0.2, 0) is 10.0 Å². The first-order valence-electron chi connectivity index (χ1n) is 5.64. The number of hydrogen-bond donors (Lipinski definition) is 2. The van der Waals surface area contributed by atoms with Crippen molar-refractivity contribution in [2.45, 2.75) is 17.4 Å². The summed E-state index contributed by atoms with van der Waals surface area (Å²) >= 11 is 8.87. The van der Waals surface area contributed by atoms with Gasteiger partial charge in [-0.15, -0.1) is 0 Å². The van der Waals surface area contributed by atoms with Crippen LogP contribution in [0.25, 0.3) is 0 Å². The van der Waals surface area contributed by atoms with Gasteiger partial charge in [-0.05, 0) is 34.5 Å². The number of hydrogen-bond acceptors (Lipinski definition) is 4. The van der Waals surface area contributed by atoms with E-state index in [0.717, 1.165) is 10.4 Å². The Bertz CT molecular complexity index is 663. The maximum atomic E-state index is 12.4. The molecule has 9 heteroatoms. The van der Waals surface area contributed by atoms with Crippen LogP contribution in [0.15, 0.2) is 21.5 Å². The van der Waals surface area contributed by atoms with Crippen molar-refractivity contribution in [2.24, 2.45) is 0 Å². The Kier molecular flexibility index (Phi) is 4.41. The fourth-order valence-electron chi connectivity index (χ4n) is 1.95. The molecule has 1 heterocycles. The van der Waals surface area contributed by atoms with Crippen molar-refractivity contribution in [3.8, 4) is 0 Å². The SMILES string of the molecule is O=C(O)c1cc(S(=O)(=O)N2CC[C@H](O)C2)cc(Br)c1Cl. The smallest absolute Gasteiger partial charge is 0.337 e. The van der Waals surface area contributed by atoms with Gasteiger partial charge in [-0.25, -0.2) is 13.2 Å². The van der Waals surface area contributed by atoms with Gasteiger partial charge in [0.25, 0.3) is 0 Å². The van der Waals surface area contributed by atoms with E-state index < -0.39 is 22.1 Å². The number of rotatable bonds is 3. The van der Waals surface area contributed by atoms with E-state index in [1.165, 1.54) is 6.07 Å². The van der Waals surface area contributed by atoms with Crippen LogP contribution in [0.2, 0.25) is 5.02 Å². The van der Waals surface area contributed by atoms with Gasteiger partial charge in [-0.3, -0.25) is 0 Å². The Balaban J connectivity index is 2.50. The molecule has 0 unspecified atom stereocenters. The summed E-state index contributed by atoms with van der Waals surface area (Å²) < 4.78 is 26.1. The fourth-order valence-corrected chi connectivity index (χ4v) is 4.29. The molecule has 0 bridgehead atoms. The molecule has 0 radical (unpaired) electrons. The predicted octanol–water partition coefficient (Wildman–Crippen LogP) is 1.56. The molecule has 0 saturated carbocycles. The molecule has 0 aliphatic carbocycles. The molecule has 2 rings (SSSR count). The van der Waals surface area contributed by atoms with Crippen LogP contribution in [0.4, 0.5) is 0 Å². The highest BCUT2D eigenvalue weighted by Crippen LogP contribution is 2.31. The average molecular weight is 385 g/mol. The normalized spacial score (nSPS) is 20.2. The summed E-state index contributed by atoms with van der Waals surface area (Å²) in [6.45, 7) is 0.205. The number of sulfonamides is 1. The second kappa shape index (κ2) is 5.61. The van der Waals surface area contributed by atoms with Crippen molar-refractivity contribution in [3.63, 3.8) is 0 Å². The Morgan fingerprint density at radius 1 is 1.45 bits per heavy atom. The van der Waals surface area contributed by atoms with Crippen LogP contribution >= 0.6 is 27.5 Å². The van der Waals surface area contributed by atoms with Gasteiger partial charge in [-0.2, -0.15) is 4.31 Å². The minimum absolute atomic E-state index is 0.00494. The lowest BCUT2D eigenvalue weighted by molar-refractivity contribution is 0.0696. The molecule has 6 nitrogen and oxygen atoms in total. The maximum Gasteiger partial charge on any atom is 0.337 e. The Morgan fingerprint density at radius 2 is 2.10 bits per heavy atom. The number of carboxylic acids is 1. The third-order valence-corrected chi connectivity index (χ3v) is 6.10. The number of halogens is 2. The minimum Gasteiger partial charge on any atom is -0.478 e. The zero-order chi connectivity index (χ0) is 15.1. The van der Waals surface area contributed by atoms with Gasteiger partial charge in [0.15, 0.2) is 0 Å². The quantitative estimate of drug-likeness (QED) is 0.824. The summed E-state index contributed by atoms with van der Waals surface area (Å²) in [5.41, 5.74) is -0.292. The van der Waals surface area contributed by atoms with Crippen molar-refractivity contribution >= 4 is 43.5 Å². The molecule has 0 amide bonds. The van der Waals surface area contributed by atoms with E-state index in [2.05, 4.69) is 15.9 Å². The Morgan fingerprint density at radius 3 is 2.60 bits per heavy atom. The van der Waals surface area contributed by atoms with E-state index in [4.69, 9.17) is 16.7 Å². The third kappa shape index (κ3) is 2.84. The molecule has 1 fully saturated rings. The van der Waals surface area contributed by atoms with Gasteiger partial charge >= 0.3 is 5.97 Å². The lowest BCUT2D eigenvalue weighted by Gasteiger charge is -2.16. The highest BCUT2D eigenvalue weighted by molar-refractivity contribution is 9.10.